The smallest absolute Gasteiger partial charge is 0.213 e. The Morgan fingerprint density at radius 1 is 1.25 bits per heavy atom. The topological polar surface area (TPSA) is 131 Å². The molecular formula is C29H41N5O5S. The molecule has 4 rings (SSSR count). The van der Waals surface area contributed by atoms with Crippen molar-refractivity contribution in [3.05, 3.63) is 47.0 Å². The van der Waals surface area contributed by atoms with Crippen molar-refractivity contribution in [1.82, 2.24) is 24.7 Å². The number of ether oxygens (including phenoxy) is 1. The molecule has 1 saturated heterocycles. The highest BCUT2D eigenvalue weighted by molar-refractivity contribution is 7.89. The number of nitrogens with one attached hydrogen (secondary N) is 1. The first-order valence-electron chi connectivity index (χ1n) is 14.0. The van der Waals surface area contributed by atoms with Crippen molar-refractivity contribution >= 4 is 10.0 Å². The van der Waals surface area contributed by atoms with Gasteiger partial charge in [0.15, 0.2) is 5.82 Å². The maximum Gasteiger partial charge on any atom is 0.213 e. The molecule has 0 saturated carbocycles. The Morgan fingerprint density at radius 3 is 2.75 bits per heavy atom. The number of aryl methyl sites for hydroxylation is 3. The zero-order chi connectivity index (χ0) is 28.9. The summed E-state index contributed by atoms with van der Waals surface area (Å²) < 4.78 is 37.9. The highest BCUT2D eigenvalue weighted by Crippen LogP contribution is 2.33. The van der Waals surface area contributed by atoms with Gasteiger partial charge in [-0.1, -0.05) is 17.3 Å². The summed E-state index contributed by atoms with van der Waals surface area (Å²) >= 11 is 0. The van der Waals surface area contributed by atoms with Crippen molar-refractivity contribution in [2.75, 3.05) is 39.0 Å². The van der Waals surface area contributed by atoms with Crippen LogP contribution in [0, 0.1) is 26.7 Å². The number of aliphatic hydroxyl groups excluding tert-OH is 1. The predicted molar refractivity (Wildman–Crippen MR) is 155 cm³/mol. The SMILES string of the molecule is CCS(=O)(=O)N1CCCC(CCc2nc(-c3cccc(OCC(O)CNC)c3)nc(-c3c(C)noc3C)c2C)C1. The fourth-order valence-electron chi connectivity index (χ4n) is 5.25. The number of hydrogen-bond acceptors (Lipinski definition) is 9. The molecule has 10 nitrogen and oxygen atoms in total. The molecule has 2 atom stereocenters. The second-order valence-corrected chi connectivity index (χ2v) is 12.8. The van der Waals surface area contributed by atoms with Gasteiger partial charge in [0.05, 0.1) is 22.7 Å². The highest BCUT2D eigenvalue weighted by Gasteiger charge is 2.28. The van der Waals surface area contributed by atoms with Crippen LogP contribution in [0.4, 0.5) is 0 Å². The monoisotopic (exact) mass is 571 g/mol. The molecule has 1 aliphatic heterocycles. The normalized spacial score (nSPS) is 17.2. The average Bonchev–Trinajstić information content (AvgIpc) is 3.29. The van der Waals surface area contributed by atoms with E-state index in [9.17, 15) is 13.5 Å². The number of piperidine rings is 1. The number of likely N-dealkylation sites (N-methyl/N-ethyl adjacent to an activating group) is 1. The van der Waals surface area contributed by atoms with Crippen LogP contribution in [-0.4, -0.2) is 78.1 Å². The number of aliphatic hydroxyl groups is 1. The zero-order valence-electron chi connectivity index (χ0n) is 24.1. The second-order valence-electron chi connectivity index (χ2n) is 10.5. The van der Waals surface area contributed by atoms with Crippen LogP contribution in [0.5, 0.6) is 5.75 Å². The van der Waals surface area contributed by atoms with Gasteiger partial charge >= 0.3 is 0 Å². The van der Waals surface area contributed by atoms with E-state index in [2.05, 4.69) is 10.5 Å². The van der Waals surface area contributed by atoms with E-state index in [1.54, 1.807) is 18.3 Å². The molecule has 0 amide bonds. The van der Waals surface area contributed by atoms with Crippen LogP contribution < -0.4 is 10.1 Å². The van der Waals surface area contributed by atoms with Gasteiger partial charge in [0.25, 0.3) is 0 Å². The molecule has 2 N–H and O–H groups in total. The molecule has 3 aromatic rings. The van der Waals surface area contributed by atoms with Crippen molar-refractivity contribution in [2.45, 2.75) is 59.5 Å². The summed E-state index contributed by atoms with van der Waals surface area (Å²) in [6.07, 6.45) is 2.79. The predicted octanol–water partition coefficient (Wildman–Crippen LogP) is 3.68. The van der Waals surface area contributed by atoms with Gasteiger partial charge in [-0.2, -0.15) is 0 Å². The van der Waals surface area contributed by atoms with E-state index < -0.39 is 16.1 Å². The molecule has 1 aliphatic rings. The Balaban J connectivity index is 1.64. The minimum Gasteiger partial charge on any atom is -0.491 e. The first-order chi connectivity index (χ1) is 19.1. The Labute approximate surface area is 237 Å². The van der Waals surface area contributed by atoms with Gasteiger partial charge in [-0.25, -0.2) is 22.7 Å². The van der Waals surface area contributed by atoms with Crippen molar-refractivity contribution < 1.29 is 22.8 Å². The first-order valence-corrected chi connectivity index (χ1v) is 15.6. The fourth-order valence-corrected chi connectivity index (χ4v) is 6.46. The molecule has 0 spiro atoms. The Morgan fingerprint density at radius 2 is 2.05 bits per heavy atom. The zero-order valence-corrected chi connectivity index (χ0v) is 24.9. The van der Waals surface area contributed by atoms with Crippen LogP contribution in [0.1, 0.15) is 48.9 Å². The van der Waals surface area contributed by atoms with E-state index in [4.69, 9.17) is 19.2 Å². The Kier molecular flexibility index (Phi) is 9.94. The van der Waals surface area contributed by atoms with Gasteiger partial charge in [0.2, 0.25) is 10.0 Å². The lowest BCUT2D eigenvalue weighted by Crippen LogP contribution is -2.40. The molecule has 1 fully saturated rings. The van der Waals surface area contributed by atoms with Crippen LogP contribution in [-0.2, 0) is 16.4 Å². The number of sulfonamides is 1. The van der Waals surface area contributed by atoms with Crippen LogP contribution in [0.25, 0.3) is 22.6 Å². The minimum absolute atomic E-state index is 0.131. The summed E-state index contributed by atoms with van der Waals surface area (Å²) in [7, 11) is -1.41. The van der Waals surface area contributed by atoms with Gasteiger partial charge in [-0.15, -0.1) is 0 Å². The van der Waals surface area contributed by atoms with Gasteiger partial charge in [-0.3, -0.25) is 0 Å². The molecule has 11 heteroatoms. The maximum atomic E-state index is 12.5. The number of rotatable bonds is 12. The van der Waals surface area contributed by atoms with Gasteiger partial charge < -0.3 is 19.7 Å². The van der Waals surface area contributed by atoms with Crippen molar-refractivity contribution in [2.24, 2.45) is 5.92 Å². The van der Waals surface area contributed by atoms with Crippen LogP contribution in [0.2, 0.25) is 0 Å². The molecule has 2 unspecified atom stereocenters. The van der Waals surface area contributed by atoms with Gasteiger partial charge in [0, 0.05) is 30.9 Å². The average molecular weight is 572 g/mol. The molecular weight excluding hydrogens is 530 g/mol. The summed E-state index contributed by atoms with van der Waals surface area (Å²) in [4.78, 5) is 9.97. The Bertz CT molecular complexity index is 1390. The molecule has 40 heavy (non-hydrogen) atoms. The molecule has 0 bridgehead atoms. The van der Waals surface area contributed by atoms with Crippen molar-refractivity contribution in [3.63, 3.8) is 0 Å². The summed E-state index contributed by atoms with van der Waals surface area (Å²) in [5.41, 5.74) is 5.10. The molecule has 3 heterocycles. The summed E-state index contributed by atoms with van der Waals surface area (Å²) in [6.45, 7) is 9.28. The van der Waals surface area contributed by atoms with Crippen LogP contribution in [0.3, 0.4) is 0 Å². The maximum absolute atomic E-state index is 12.5. The third kappa shape index (κ3) is 7.06. The summed E-state index contributed by atoms with van der Waals surface area (Å²) in [6, 6.07) is 7.56. The standard InChI is InChI=1S/C29H41N5O5S/c1-6-40(36,37)34-14-8-9-22(17-34)12-13-26-19(2)28(27-20(3)33-39-21(27)4)32-29(31-26)23-10-7-11-25(15-23)38-18-24(35)16-30-5/h7,10-11,15,22,24,30,35H,6,8-9,12-14,16-18H2,1-5H3. The van der Waals surface area contributed by atoms with Gasteiger partial charge in [0.1, 0.15) is 24.2 Å². The van der Waals surface area contributed by atoms with E-state index in [-0.39, 0.29) is 18.3 Å². The fraction of sp³-hybridized carbons (Fsp3) is 0.552. The lowest BCUT2D eigenvalue weighted by Gasteiger charge is -2.31. The van der Waals surface area contributed by atoms with Crippen molar-refractivity contribution in [3.8, 4) is 28.4 Å². The largest absolute Gasteiger partial charge is 0.491 e. The number of benzene rings is 1. The number of aromatic nitrogens is 3. The van der Waals surface area contributed by atoms with Crippen LogP contribution in [0.15, 0.2) is 28.8 Å². The summed E-state index contributed by atoms with van der Waals surface area (Å²) in [5, 5.41) is 17.1. The van der Waals surface area contributed by atoms with Crippen molar-refractivity contribution in [1.29, 1.82) is 0 Å². The Hall–Kier alpha value is -2.86. The molecule has 0 aliphatic carbocycles. The third-order valence-electron chi connectivity index (χ3n) is 7.52. The van der Waals surface area contributed by atoms with E-state index >= 15 is 0 Å². The molecule has 1 aromatic carbocycles. The quantitative estimate of drug-likeness (QED) is 0.334. The highest BCUT2D eigenvalue weighted by atomic mass is 32.2. The van der Waals surface area contributed by atoms with E-state index in [1.807, 2.05) is 45.0 Å². The van der Waals surface area contributed by atoms with E-state index in [1.165, 1.54) is 0 Å². The van der Waals surface area contributed by atoms with E-state index in [0.29, 0.717) is 43.4 Å². The lowest BCUT2D eigenvalue weighted by atomic mass is 9.92. The van der Waals surface area contributed by atoms with Gasteiger partial charge in [-0.05, 0) is 84.0 Å². The van der Waals surface area contributed by atoms with E-state index in [0.717, 1.165) is 53.0 Å². The summed E-state index contributed by atoms with van der Waals surface area (Å²) in [5.74, 6) is 2.29. The first kappa shape index (κ1) is 30.1. The third-order valence-corrected chi connectivity index (χ3v) is 9.37. The lowest BCUT2D eigenvalue weighted by molar-refractivity contribution is 0.108. The molecule has 2 aromatic heterocycles. The molecule has 0 radical (unpaired) electrons. The molecule has 218 valence electrons. The number of hydrogen-bond donors (Lipinski definition) is 2. The number of nitrogens with zero attached hydrogens (tertiary/aromatic N) is 4. The van der Waals surface area contributed by atoms with Crippen LogP contribution >= 0.6 is 0 Å². The minimum atomic E-state index is -3.19. The second kappa shape index (κ2) is 13.2.